The molecule has 0 saturated heterocycles. The van der Waals surface area contributed by atoms with E-state index in [-0.39, 0.29) is 18.8 Å². The van der Waals surface area contributed by atoms with Crippen LogP contribution in [0.15, 0.2) is 16.5 Å². The molecule has 0 aliphatic rings. The van der Waals surface area contributed by atoms with Gasteiger partial charge >= 0.3 is 11.9 Å². The molecule has 6 nitrogen and oxygen atoms in total. The Bertz CT molecular complexity index is 424. The quantitative estimate of drug-likeness (QED) is 0.767. The van der Waals surface area contributed by atoms with E-state index in [1.165, 1.54) is 6.07 Å². The van der Waals surface area contributed by atoms with E-state index in [1.54, 1.807) is 11.0 Å². The molecular formula is C12H17NO5. The van der Waals surface area contributed by atoms with Gasteiger partial charge in [0, 0.05) is 6.54 Å². The Hall–Kier alpha value is -1.82. The van der Waals surface area contributed by atoms with E-state index in [0.717, 1.165) is 0 Å². The Morgan fingerprint density at radius 1 is 1.33 bits per heavy atom. The number of carboxylic acids is 2. The number of aliphatic carboxylic acids is 1. The van der Waals surface area contributed by atoms with E-state index < -0.39 is 11.9 Å². The van der Waals surface area contributed by atoms with Crippen molar-refractivity contribution in [2.24, 2.45) is 5.92 Å². The zero-order valence-corrected chi connectivity index (χ0v) is 10.4. The molecular weight excluding hydrogens is 238 g/mol. The van der Waals surface area contributed by atoms with E-state index >= 15 is 0 Å². The smallest absolute Gasteiger partial charge is 0.371 e. The van der Waals surface area contributed by atoms with Crippen molar-refractivity contribution in [2.75, 3.05) is 13.1 Å². The molecule has 1 rings (SSSR count). The standard InChI is InChI=1S/C12H17NO5/c1-8(2)5-13(7-11(14)15)6-9-3-4-10(18-9)12(16)17/h3-4,8H,5-7H2,1-2H3,(H,14,15)(H,16,17). The molecule has 2 N–H and O–H groups in total. The maximum Gasteiger partial charge on any atom is 0.371 e. The SMILES string of the molecule is CC(C)CN(CC(=O)O)Cc1ccc(C(=O)O)o1. The minimum Gasteiger partial charge on any atom is -0.480 e. The fourth-order valence-corrected chi connectivity index (χ4v) is 1.69. The third-order valence-electron chi connectivity index (χ3n) is 2.23. The number of aromatic carboxylic acids is 1. The first-order chi connectivity index (χ1) is 8.38. The van der Waals surface area contributed by atoms with Gasteiger partial charge in [0.05, 0.1) is 13.1 Å². The number of furan rings is 1. The molecule has 6 heteroatoms. The highest BCUT2D eigenvalue weighted by Crippen LogP contribution is 2.12. The summed E-state index contributed by atoms with van der Waals surface area (Å²) in [6, 6.07) is 2.92. The van der Waals surface area contributed by atoms with Gasteiger partial charge in [-0.1, -0.05) is 13.8 Å². The molecule has 100 valence electrons. The molecule has 0 amide bonds. The van der Waals surface area contributed by atoms with Crippen LogP contribution in [-0.4, -0.2) is 40.1 Å². The van der Waals surface area contributed by atoms with Crippen molar-refractivity contribution in [3.8, 4) is 0 Å². The van der Waals surface area contributed by atoms with Crippen molar-refractivity contribution in [3.05, 3.63) is 23.7 Å². The number of carbonyl (C=O) groups is 2. The molecule has 0 aliphatic heterocycles. The summed E-state index contributed by atoms with van der Waals surface area (Å²) >= 11 is 0. The Kier molecular flexibility index (Phi) is 4.91. The lowest BCUT2D eigenvalue weighted by atomic mass is 10.2. The normalized spacial score (nSPS) is 11.1. The van der Waals surface area contributed by atoms with Crippen molar-refractivity contribution in [2.45, 2.75) is 20.4 Å². The van der Waals surface area contributed by atoms with Gasteiger partial charge in [-0.3, -0.25) is 9.69 Å². The largest absolute Gasteiger partial charge is 0.480 e. The highest BCUT2D eigenvalue weighted by Gasteiger charge is 2.15. The first-order valence-corrected chi connectivity index (χ1v) is 5.64. The van der Waals surface area contributed by atoms with Crippen LogP contribution >= 0.6 is 0 Å². The van der Waals surface area contributed by atoms with Gasteiger partial charge in [-0.05, 0) is 18.1 Å². The monoisotopic (exact) mass is 255 g/mol. The van der Waals surface area contributed by atoms with Crippen molar-refractivity contribution >= 4 is 11.9 Å². The van der Waals surface area contributed by atoms with Gasteiger partial charge in [0.1, 0.15) is 5.76 Å². The molecule has 0 unspecified atom stereocenters. The Balaban J connectivity index is 2.68. The van der Waals surface area contributed by atoms with Crippen LogP contribution in [0.5, 0.6) is 0 Å². The molecule has 18 heavy (non-hydrogen) atoms. The Morgan fingerprint density at radius 2 is 2.00 bits per heavy atom. The molecule has 0 spiro atoms. The lowest BCUT2D eigenvalue weighted by Crippen LogP contribution is -2.32. The van der Waals surface area contributed by atoms with Gasteiger partial charge in [-0.25, -0.2) is 4.79 Å². The lowest BCUT2D eigenvalue weighted by Gasteiger charge is -2.20. The molecule has 0 aliphatic carbocycles. The number of carboxylic acid groups (broad SMARTS) is 2. The van der Waals surface area contributed by atoms with Gasteiger partial charge in [-0.15, -0.1) is 0 Å². The zero-order chi connectivity index (χ0) is 13.7. The third-order valence-corrected chi connectivity index (χ3v) is 2.23. The van der Waals surface area contributed by atoms with Crippen LogP contribution in [0.25, 0.3) is 0 Å². The number of hydrogen-bond donors (Lipinski definition) is 2. The summed E-state index contributed by atoms with van der Waals surface area (Å²) in [5.41, 5.74) is 0. The summed E-state index contributed by atoms with van der Waals surface area (Å²) in [4.78, 5) is 23.1. The maximum absolute atomic E-state index is 10.7. The maximum atomic E-state index is 10.7. The summed E-state index contributed by atoms with van der Waals surface area (Å²) < 4.78 is 5.10. The second-order valence-electron chi connectivity index (χ2n) is 4.53. The second-order valence-corrected chi connectivity index (χ2v) is 4.53. The van der Waals surface area contributed by atoms with Crippen LogP contribution in [0, 0.1) is 5.92 Å². The van der Waals surface area contributed by atoms with E-state index in [2.05, 4.69) is 0 Å². The molecule has 0 saturated carbocycles. The fraction of sp³-hybridized carbons (Fsp3) is 0.500. The van der Waals surface area contributed by atoms with Crippen LogP contribution in [0.2, 0.25) is 0 Å². The van der Waals surface area contributed by atoms with E-state index in [9.17, 15) is 9.59 Å². The molecule has 0 fully saturated rings. The molecule has 1 aromatic rings. The summed E-state index contributed by atoms with van der Waals surface area (Å²) in [5, 5.41) is 17.5. The Labute approximate surface area is 105 Å². The lowest BCUT2D eigenvalue weighted by molar-refractivity contribution is -0.138. The summed E-state index contributed by atoms with van der Waals surface area (Å²) in [6.07, 6.45) is 0. The van der Waals surface area contributed by atoms with Crippen LogP contribution in [0.1, 0.15) is 30.2 Å². The zero-order valence-electron chi connectivity index (χ0n) is 10.4. The van der Waals surface area contributed by atoms with E-state index in [0.29, 0.717) is 18.2 Å². The van der Waals surface area contributed by atoms with Gasteiger partial charge in [0.2, 0.25) is 5.76 Å². The predicted octanol–water partition coefficient (Wildman–Crippen LogP) is 1.52. The molecule has 0 bridgehead atoms. The minimum absolute atomic E-state index is 0.0959. The molecule has 1 heterocycles. The average Bonchev–Trinajstić information content (AvgIpc) is 2.63. The number of rotatable bonds is 7. The average molecular weight is 255 g/mol. The topological polar surface area (TPSA) is 91.0 Å². The minimum atomic E-state index is -1.13. The van der Waals surface area contributed by atoms with E-state index in [1.807, 2.05) is 13.8 Å². The number of hydrogen-bond acceptors (Lipinski definition) is 4. The summed E-state index contributed by atoms with van der Waals surface area (Å²) in [6.45, 7) is 4.77. The second kappa shape index (κ2) is 6.20. The van der Waals surface area contributed by atoms with Gasteiger partial charge in [0.15, 0.2) is 0 Å². The molecule has 0 radical (unpaired) electrons. The summed E-state index contributed by atoms with van der Waals surface area (Å²) in [7, 11) is 0. The van der Waals surface area contributed by atoms with Gasteiger partial charge < -0.3 is 14.6 Å². The van der Waals surface area contributed by atoms with Gasteiger partial charge in [-0.2, -0.15) is 0 Å². The third kappa shape index (κ3) is 4.58. The van der Waals surface area contributed by atoms with Crippen LogP contribution in [0.4, 0.5) is 0 Å². The summed E-state index contributed by atoms with van der Waals surface area (Å²) in [5.74, 6) is -1.41. The van der Waals surface area contributed by atoms with Gasteiger partial charge in [0.25, 0.3) is 0 Å². The predicted molar refractivity (Wildman–Crippen MR) is 63.4 cm³/mol. The van der Waals surface area contributed by atoms with E-state index in [4.69, 9.17) is 14.6 Å². The molecule has 0 atom stereocenters. The van der Waals surface area contributed by atoms with Crippen LogP contribution in [0.3, 0.4) is 0 Å². The highest BCUT2D eigenvalue weighted by molar-refractivity contribution is 5.84. The molecule has 0 aromatic carbocycles. The first-order valence-electron chi connectivity index (χ1n) is 5.64. The Morgan fingerprint density at radius 3 is 2.44 bits per heavy atom. The van der Waals surface area contributed by atoms with Crippen molar-refractivity contribution in [3.63, 3.8) is 0 Å². The van der Waals surface area contributed by atoms with Crippen molar-refractivity contribution < 1.29 is 24.2 Å². The van der Waals surface area contributed by atoms with Crippen LogP contribution < -0.4 is 0 Å². The number of nitrogens with zero attached hydrogens (tertiary/aromatic N) is 1. The van der Waals surface area contributed by atoms with Crippen molar-refractivity contribution in [1.29, 1.82) is 0 Å². The van der Waals surface area contributed by atoms with Crippen molar-refractivity contribution in [1.82, 2.24) is 4.90 Å². The fourth-order valence-electron chi connectivity index (χ4n) is 1.69. The van der Waals surface area contributed by atoms with Crippen LogP contribution in [-0.2, 0) is 11.3 Å². The highest BCUT2D eigenvalue weighted by atomic mass is 16.4. The first kappa shape index (κ1) is 14.2. The molecule has 1 aromatic heterocycles.